The predicted octanol–water partition coefficient (Wildman–Crippen LogP) is 0.0943. The van der Waals surface area contributed by atoms with Crippen LogP contribution in [0.25, 0.3) is 0 Å². The van der Waals surface area contributed by atoms with Crippen molar-refractivity contribution in [1.82, 2.24) is 4.90 Å². The van der Waals surface area contributed by atoms with Crippen LogP contribution in [0.1, 0.15) is 19.3 Å². The lowest BCUT2D eigenvalue weighted by Crippen LogP contribution is -2.42. The molecule has 1 amide bonds. The Bertz CT molecular complexity index is 352. The quantitative estimate of drug-likeness (QED) is 0.670. The van der Waals surface area contributed by atoms with E-state index in [2.05, 4.69) is 12.6 Å². The molecule has 2 aliphatic rings. The lowest BCUT2D eigenvalue weighted by molar-refractivity contribution is -0.129. The highest BCUT2D eigenvalue weighted by molar-refractivity contribution is 7.91. The number of rotatable bonds is 1. The van der Waals surface area contributed by atoms with Gasteiger partial charge in [-0.2, -0.15) is 12.6 Å². The molecule has 0 saturated carbocycles. The molecule has 0 N–H and O–H groups in total. The normalized spacial score (nSPS) is 32.2. The molecule has 2 heterocycles. The van der Waals surface area contributed by atoms with E-state index in [4.69, 9.17) is 0 Å². The topological polar surface area (TPSA) is 54.5 Å². The fourth-order valence-electron chi connectivity index (χ4n) is 2.25. The second kappa shape index (κ2) is 3.97. The van der Waals surface area contributed by atoms with Gasteiger partial charge in [-0.15, -0.1) is 0 Å². The number of nitrogens with zero attached hydrogens (tertiary/aromatic N) is 1. The van der Waals surface area contributed by atoms with Crippen LogP contribution in [-0.4, -0.2) is 48.6 Å². The minimum Gasteiger partial charge on any atom is -0.338 e. The number of hydrogen-bond acceptors (Lipinski definition) is 4. The predicted molar refractivity (Wildman–Crippen MR) is 60.8 cm³/mol. The van der Waals surface area contributed by atoms with Crippen molar-refractivity contribution >= 4 is 28.4 Å². The third kappa shape index (κ3) is 2.47. The largest absolute Gasteiger partial charge is 0.338 e. The van der Waals surface area contributed by atoms with Gasteiger partial charge in [0.05, 0.1) is 11.5 Å². The molecule has 4 nitrogen and oxygen atoms in total. The molecule has 0 aromatic carbocycles. The van der Waals surface area contributed by atoms with Crippen molar-refractivity contribution in [3.05, 3.63) is 0 Å². The number of carbonyl (C=O) groups is 1. The molecule has 0 spiro atoms. The van der Waals surface area contributed by atoms with Gasteiger partial charge in [-0.25, -0.2) is 8.42 Å². The van der Waals surface area contributed by atoms with Crippen LogP contribution < -0.4 is 0 Å². The van der Waals surface area contributed by atoms with E-state index in [0.29, 0.717) is 25.8 Å². The molecular weight excluding hydrogens is 234 g/mol. The van der Waals surface area contributed by atoms with Gasteiger partial charge >= 0.3 is 0 Å². The Hall–Kier alpha value is -0.230. The molecule has 0 radical (unpaired) electrons. The number of thiol groups is 1. The van der Waals surface area contributed by atoms with Crippen molar-refractivity contribution in [1.29, 1.82) is 0 Å². The monoisotopic (exact) mass is 249 g/mol. The van der Waals surface area contributed by atoms with Gasteiger partial charge in [-0.05, 0) is 12.8 Å². The maximum Gasteiger partial charge on any atom is 0.224 e. The molecule has 0 aromatic rings. The fraction of sp³-hybridized carbons (Fsp3) is 0.889. The Morgan fingerprint density at radius 1 is 1.27 bits per heavy atom. The van der Waals surface area contributed by atoms with E-state index in [1.807, 2.05) is 4.90 Å². The summed E-state index contributed by atoms with van der Waals surface area (Å²) in [6, 6.07) is 0.123. The van der Waals surface area contributed by atoms with Crippen molar-refractivity contribution < 1.29 is 13.2 Å². The fourth-order valence-corrected chi connectivity index (χ4v) is 4.05. The summed E-state index contributed by atoms with van der Waals surface area (Å²) < 4.78 is 22.5. The molecule has 0 aliphatic carbocycles. The van der Waals surface area contributed by atoms with Crippen LogP contribution in [0.2, 0.25) is 0 Å². The summed E-state index contributed by atoms with van der Waals surface area (Å²) in [6.45, 7) is 0.673. The minimum atomic E-state index is -2.83. The first-order chi connectivity index (χ1) is 6.98. The van der Waals surface area contributed by atoms with Gasteiger partial charge in [0, 0.05) is 24.3 Å². The number of carbonyl (C=O) groups excluding carboxylic acids is 1. The summed E-state index contributed by atoms with van der Waals surface area (Å²) in [6.07, 6.45) is 1.68. The highest BCUT2D eigenvalue weighted by atomic mass is 32.2. The highest BCUT2D eigenvalue weighted by Gasteiger charge is 2.35. The Morgan fingerprint density at radius 3 is 2.33 bits per heavy atom. The van der Waals surface area contributed by atoms with Crippen LogP contribution in [-0.2, 0) is 14.6 Å². The Labute approximate surface area is 95.3 Å². The van der Waals surface area contributed by atoms with Gasteiger partial charge in [0.15, 0.2) is 0 Å². The molecule has 6 heteroatoms. The maximum atomic E-state index is 11.6. The van der Waals surface area contributed by atoms with Crippen molar-refractivity contribution in [3.63, 3.8) is 0 Å². The van der Waals surface area contributed by atoms with Gasteiger partial charge in [-0.1, -0.05) is 0 Å². The van der Waals surface area contributed by atoms with E-state index in [1.165, 1.54) is 0 Å². The zero-order valence-electron chi connectivity index (χ0n) is 8.42. The highest BCUT2D eigenvalue weighted by Crippen LogP contribution is 2.25. The lowest BCUT2D eigenvalue weighted by atomic mass is 10.1. The Balaban J connectivity index is 1.99. The smallest absolute Gasteiger partial charge is 0.224 e. The minimum absolute atomic E-state index is 0.121. The zero-order valence-corrected chi connectivity index (χ0v) is 10.1. The zero-order chi connectivity index (χ0) is 11.1. The van der Waals surface area contributed by atoms with E-state index in [1.54, 1.807) is 0 Å². The van der Waals surface area contributed by atoms with E-state index < -0.39 is 9.84 Å². The van der Waals surface area contributed by atoms with E-state index in [-0.39, 0.29) is 28.7 Å². The number of amides is 1. The molecule has 2 rings (SSSR count). The summed E-state index contributed by atoms with van der Waals surface area (Å²) in [7, 11) is -2.83. The van der Waals surface area contributed by atoms with Crippen LogP contribution in [0.4, 0.5) is 0 Å². The number of likely N-dealkylation sites (tertiary alicyclic amines) is 1. The Morgan fingerprint density at radius 2 is 1.87 bits per heavy atom. The first-order valence-electron chi connectivity index (χ1n) is 5.16. The van der Waals surface area contributed by atoms with Crippen LogP contribution in [0.5, 0.6) is 0 Å². The Kier molecular flexibility index (Phi) is 2.98. The molecule has 15 heavy (non-hydrogen) atoms. The molecule has 86 valence electrons. The maximum absolute atomic E-state index is 11.6. The van der Waals surface area contributed by atoms with Gasteiger partial charge in [-0.3, -0.25) is 4.79 Å². The van der Waals surface area contributed by atoms with Gasteiger partial charge < -0.3 is 4.90 Å². The summed E-state index contributed by atoms with van der Waals surface area (Å²) in [5.74, 6) is 0.566. The second-order valence-corrected chi connectivity index (χ2v) is 7.32. The molecule has 1 unspecified atom stereocenters. The van der Waals surface area contributed by atoms with Crippen molar-refractivity contribution in [2.45, 2.75) is 30.6 Å². The van der Waals surface area contributed by atoms with Crippen LogP contribution in [0.15, 0.2) is 0 Å². The van der Waals surface area contributed by atoms with Crippen molar-refractivity contribution in [3.8, 4) is 0 Å². The van der Waals surface area contributed by atoms with Crippen LogP contribution in [0.3, 0.4) is 0 Å². The molecule has 0 bridgehead atoms. The SMILES string of the molecule is O=C1CC(S)CN1C1CCS(=O)(=O)CC1. The van der Waals surface area contributed by atoms with E-state index in [0.717, 1.165) is 0 Å². The molecule has 2 fully saturated rings. The summed E-state index contributed by atoms with van der Waals surface area (Å²) in [5.41, 5.74) is 0. The third-order valence-corrected chi connectivity index (χ3v) is 5.16. The van der Waals surface area contributed by atoms with Gasteiger partial charge in [0.25, 0.3) is 0 Å². The number of hydrogen-bond donors (Lipinski definition) is 1. The van der Waals surface area contributed by atoms with Gasteiger partial charge in [0.1, 0.15) is 9.84 Å². The van der Waals surface area contributed by atoms with Crippen molar-refractivity contribution in [2.75, 3.05) is 18.1 Å². The standard InChI is InChI=1S/C9H15NO3S2/c11-9-5-8(14)6-10(9)7-1-3-15(12,13)4-2-7/h7-8,14H,1-6H2. The average Bonchev–Trinajstić information content (AvgIpc) is 2.45. The summed E-state index contributed by atoms with van der Waals surface area (Å²) in [4.78, 5) is 13.4. The average molecular weight is 249 g/mol. The summed E-state index contributed by atoms with van der Waals surface area (Å²) >= 11 is 4.28. The van der Waals surface area contributed by atoms with E-state index in [9.17, 15) is 13.2 Å². The number of sulfone groups is 1. The summed E-state index contributed by atoms with van der Waals surface area (Å²) in [5, 5.41) is 0.121. The van der Waals surface area contributed by atoms with Crippen molar-refractivity contribution in [2.24, 2.45) is 0 Å². The molecule has 2 aliphatic heterocycles. The first kappa shape index (κ1) is 11.3. The van der Waals surface area contributed by atoms with E-state index >= 15 is 0 Å². The molecule has 2 saturated heterocycles. The van der Waals surface area contributed by atoms with Crippen LogP contribution >= 0.6 is 12.6 Å². The molecular formula is C9H15NO3S2. The first-order valence-corrected chi connectivity index (χ1v) is 7.50. The second-order valence-electron chi connectivity index (χ2n) is 4.29. The van der Waals surface area contributed by atoms with Crippen LogP contribution in [0, 0.1) is 0 Å². The molecule has 1 atom stereocenters. The lowest BCUT2D eigenvalue weighted by Gasteiger charge is -2.30. The molecule has 0 aromatic heterocycles. The third-order valence-electron chi connectivity index (χ3n) is 3.10. The van der Waals surface area contributed by atoms with Gasteiger partial charge in [0.2, 0.25) is 5.91 Å².